The van der Waals surface area contributed by atoms with E-state index in [0.29, 0.717) is 6.08 Å². The summed E-state index contributed by atoms with van der Waals surface area (Å²) in [6.45, 7) is -1.52. The summed E-state index contributed by atoms with van der Waals surface area (Å²) in [6, 6.07) is 0. The first-order chi connectivity index (χ1) is 4.34. The molecule has 10 heavy (non-hydrogen) atoms. The highest BCUT2D eigenvalue weighted by Crippen LogP contribution is 2.20. The summed E-state index contributed by atoms with van der Waals surface area (Å²) in [5.41, 5.74) is -1.11. The zero-order chi connectivity index (χ0) is 8.36. The Bertz CT molecular complexity index is 163. The highest BCUT2D eigenvalue weighted by atomic mass is 19.4. The lowest BCUT2D eigenvalue weighted by molar-refractivity contribution is 0.492. The standard InChI is InChI=1S/C5H6BF4/c1-4(3-5(2)7)6(8,9)10/h3H,1H2,2H3/q-1/b5-3+. The molecule has 0 bridgehead atoms. The monoisotopic (exact) mass is 153 g/mol. The number of allylic oxidation sites excluding steroid dienone is 3. The minimum absolute atomic E-state index is 0.375. The molecule has 0 N–H and O–H groups in total. The van der Waals surface area contributed by atoms with Gasteiger partial charge in [-0.1, -0.05) is 6.08 Å². The van der Waals surface area contributed by atoms with Crippen molar-refractivity contribution in [2.24, 2.45) is 0 Å². The van der Waals surface area contributed by atoms with Crippen molar-refractivity contribution in [2.75, 3.05) is 0 Å². The zero-order valence-corrected chi connectivity index (χ0v) is 5.37. The van der Waals surface area contributed by atoms with Gasteiger partial charge >= 0.3 is 6.98 Å². The second-order valence-corrected chi connectivity index (χ2v) is 1.88. The molecule has 0 nitrogen and oxygen atoms in total. The first-order valence-corrected chi connectivity index (χ1v) is 2.56. The molecule has 0 heterocycles. The molecule has 0 atom stereocenters. The fourth-order valence-corrected chi connectivity index (χ4v) is 0.350. The van der Waals surface area contributed by atoms with Crippen LogP contribution in [0.15, 0.2) is 24.0 Å². The van der Waals surface area contributed by atoms with Crippen LogP contribution in [0.4, 0.5) is 17.3 Å². The summed E-state index contributed by atoms with van der Waals surface area (Å²) < 4.78 is 46.5. The van der Waals surface area contributed by atoms with Crippen LogP contribution in [0, 0.1) is 0 Å². The van der Waals surface area contributed by atoms with Crippen molar-refractivity contribution in [3.63, 3.8) is 0 Å². The van der Waals surface area contributed by atoms with Crippen LogP contribution in [0.3, 0.4) is 0 Å². The highest BCUT2D eigenvalue weighted by molar-refractivity contribution is 6.67. The maximum atomic E-state index is 11.8. The fraction of sp³-hybridized carbons (Fsp3) is 0.200. The van der Waals surface area contributed by atoms with E-state index >= 15 is 0 Å². The van der Waals surface area contributed by atoms with E-state index in [1.54, 1.807) is 0 Å². The number of hydrogen-bond acceptors (Lipinski definition) is 0. The molecule has 0 rings (SSSR count). The number of halogens is 4. The van der Waals surface area contributed by atoms with Crippen molar-refractivity contribution in [3.8, 4) is 0 Å². The fourth-order valence-electron chi connectivity index (χ4n) is 0.350. The Morgan fingerprint density at radius 1 is 1.40 bits per heavy atom. The molecule has 0 aliphatic rings. The largest absolute Gasteiger partial charge is 0.509 e. The lowest BCUT2D eigenvalue weighted by atomic mass is 9.80. The van der Waals surface area contributed by atoms with Gasteiger partial charge in [0.05, 0.1) is 5.83 Å². The van der Waals surface area contributed by atoms with Crippen molar-refractivity contribution < 1.29 is 17.3 Å². The molecule has 5 heteroatoms. The predicted molar refractivity (Wildman–Crippen MR) is 33.1 cm³/mol. The minimum Gasteiger partial charge on any atom is -0.445 e. The molecule has 0 aliphatic heterocycles. The summed E-state index contributed by atoms with van der Waals surface area (Å²) >= 11 is 0. The van der Waals surface area contributed by atoms with Crippen LogP contribution in [0.25, 0.3) is 0 Å². The van der Waals surface area contributed by atoms with E-state index < -0.39 is 18.3 Å². The first kappa shape index (κ1) is 9.26. The maximum Gasteiger partial charge on any atom is 0.509 e. The predicted octanol–water partition coefficient (Wildman–Crippen LogP) is 2.80. The Morgan fingerprint density at radius 3 is 1.90 bits per heavy atom. The van der Waals surface area contributed by atoms with Crippen molar-refractivity contribution >= 4 is 6.98 Å². The third-order valence-corrected chi connectivity index (χ3v) is 0.805. The molecule has 0 unspecified atom stereocenters. The van der Waals surface area contributed by atoms with Gasteiger partial charge in [0, 0.05) is 0 Å². The first-order valence-electron chi connectivity index (χ1n) is 2.56. The van der Waals surface area contributed by atoms with Gasteiger partial charge in [-0.15, -0.1) is 12.1 Å². The second-order valence-electron chi connectivity index (χ2n) is 1.88. The quantitative estimate of drug-likeness (QED) is 0.325. The van der Waals surface area contributed by atoms with Gasteiger partial charge in [-0.2, -0.15) is 0 Å². The molecular formula is C5H6BF4-. The molecule has 0 spiro atoms. The average Bonchev–Trinajstić information content (AvgIpc) is 1.60. The topological polar surface area (TPSA) is 0 Å². The van der Waals surface area contributed by atoms with Crippen LogP contribution in [0.1, 0.15) is 6.92 Å². The van der Waals surface area contributed by atoms with Crippen molar-refractivity contribution in [1.29, 1.82) is 0 Å². The molecule has 0 aliphatic carbocycles. The summed E-state index contributed by atoms with van der Waals surface area (Å²) in [6.07, 6.45) is 0.375. The van der Waals surface area contributed by atoms with E-state index in [9.17, 15) is 17.3 Å². The molecule has 0 amide bonds. The van der Waals surface area contributed by atoms with E-state index in [1.165, 1.54) is 0 Å². The number of hydrogen-bond donors (Lipinski definition) is 0. The lowest BCUT2D eigenvalue weighted by Crippen LogP contribution is -2.16. The van der Waals surface area contributed by atoms with Gasteiger partial charge in [0.15, 0.2) is 0 Å². The van der Waals surface area contributed by atoms with E-state index in [1.807, 2.05) is 0 Å². The Labute approximate surface area is 56.3 Å². The van der Waals surface area contributed by atoms with Gasteiger partial charge in [-0.3, -0.25) is 0 Å². The molecule has 0 aromatic rings. The van der Waals surface area contributed by atoms with E-state index in [4.69, 9.17) is 0 Å². The summed E-state index contributed by atoms with van der Waals surface area (Å²) in [7, 11) is 0. The highest BCUT2D eigenvalue weighted by Gasteiger charge is 2.25. The van der Waals surface area contributed by atoms with Crippen LogP contribution >= 0.6 is 0 Å². The van der Waals surface area contributed by atoms with Crippen LogP contribution in [-0.4, -0.2) is 6.98 Å². The van der Waals surface area contributed by atoms with Gasteiger partial charge < -0.3 is 12.9 Å². The molecule has 0 saturated heterocycles. The van der Waals surface area contributed by atoms with E-state index in [-0.39, 0.29) is 0 Å². The molecule has 0 saturated carbocycles. The third-order valence-electron chi connectivity index (χ3n) is 0.805. The summed E-state index contributed by atoms with van der Waals surface area (Å²) in [4.78, 5) is 0. The number of rotatable bonds is 2. The SMILES string of the molecule is C=C(/C=C(\C)F)[B-](F)(F)F. The Morgan fingerprint density at radius 2 is 1.80 bits per heavy atom. The summed E-state index contributed by atoms with van der Waals surface area (Å²) in [5.74, 6) is -0.885. The lowest BCUT2D eigenvalue weighted by Gasteiger charge is -2.13. The van der Waals surface area contributed by atoms with Gasteiger partial charge in [0.25, 0.3) is 0 Å². The Kier molecular flexibility index (Phi) is 2.69. The van der Waals surface area contributed by atoms with Gasteiger partial charge in [-0.05, 0) is 6.92 Å². The van der Waals surface area contributed by atoms with Crippen LogP contribution in [0.5, 0.6) is 0 Å². The summed E-state index contributed by atoms with van der Waals surface area (Å²) in [5, 5.41) is 0. The third kappa shape index (κ3) is 3.32. The Hall–Kier alpha value is -0.735. The molecule has 58 valence electrons. The minimum atomic E-state index is -5.11. The molecular weight excluding hydrogens is 147 g/mol. The van der Waals surface area contributed by atoms with E-state index in [2.05, 4.69) is 6.58 Å². The zero-order valence-electron chi connectivity index (χ0n) is 5.37. The van der Waals surface area contributed by atoms with Crippen molar-refractivity contribution in [2.45, 2.75) is 6.92 Å². The smallest absolute Gasteiger partial charge is 0.445 e. The van der Waals surface area contributed by atoms with Crippen LogP contribution in [-0.2, 0) is 0 Å². The Balaban J connectivity index is 4.27. The average molecular weight is 153 g/mol. The van der Waals surface area contributed by atoms with Crippen LogP contribution in [0.2, 0.25) is 0 Å². The van der Waals surface area contributed by atoms with Crippen molar-refractivity contribution in [1.82, 2.24) is 0 Å². The van der Waals surface area contributed by atoms with E-state index in [0.717, 1.165) is 6.92 Å². The molecule has 0 aromatic heterocycles. The van der Waals surface area contributed by atoms with Gasteiger partial charge in [-0.25, -0.2) is 4.39 Å². The second kappa shape index (κ2) is 2.90. The maximum absolute atomic E-state index is 11.8. The van der Waals surface area contributed by atoms with Crippen LogP contribution < -0.4 is 0 Å². The van der Waals surface area contributed by atoms with Gasteiger partial charge in [0.2, 0.25) is 0 Å². The molecule has 0 fully saturated rings. The van der Waals surface area contributed by atoms with Gasteiger partial charge in [0.1, 0.15) is 0 Å². The van der Waals surface area contributed by atoms with Crippen molar-refractivity contribution in [3.05, 3.63) is 24.0 Å². The molecule has 0 radical (unpaired) electrons. The molecule has 0 aromatic carbocycles. The normalized spacial score (nSPS) is 13.5.